The van der Waals surface area contributed by atoms with E-state index in [1.54, 1.807) is 29.8 Å². The summed E-state index contributed by atoms with van der Waals surface area (Å²) in [6.07, 6.45) is 5.96. The van der Waals surface area contributed by atoms with Crippen molar-refractivity contribution >= 4 is 39.2 Å². The van der Waals surface area contributed by atoms with Crippen molar-refractivity contribution in [1.29, 1.82) is 0 Å². The zero-order chi connectivity index (χ0) is 20.8. The Labute approximate surface area is 183 Å². The molecule has 4 heterocycles. The number of aromatic nitrogens is 4. The van der Waals surface area contributed by atoms with Crippen molar-refractivity contribution in [2.24, 2.45) is 5.92 Å². The van der Waals surface area contributed by atoms with Crippen LogP contribution in [0, 0.1) is 5.92 Å². The van der Waals surface area contributed by atoms with Crippen molar-refractivity contribution in [3.8, 4) is 5.95 Å². The van der Waals surface area contributed by atoms with Gasteiger partial charge in [0.25, 0.3) is 5.91 Å². The molecule has 1 aliphatic rings. The summed E-state index contributed by atoms with van der Waals surface area (Å²) in [6.45, 7) is 1.48. The van der Waals surface area contributed by atoms with Gasteiger partial charge in [-0.1, -0.05) is 24.3 Å². The molecular formula is C24H21N5OS. The Hall–Kier alpha value is -3.45. The molecule has 1 fully saturated rings. The third-order valence-corrected chi connectivity index (χ3v) is 6.72. The molecule has 1 amide bonds. The van der Waals surface area contributed by atoms with Gasteiger partial charge < -0.3 is 9.88 Å². The number of carbonyl (C=O) groups excluding carboxylic acids is 1. The lowest BCUT2D eigenvalue weighted by Gasteiger charge is -2.09. The van der Waals surface area contributed by atoms with Crippen molar-refractivity contribution in [2.75, 3.05) is 0 Å². The van der Waals surface area contributed by atoms with Crippen LogP contribution >= 0.6 is 11.3 Å². The van der Waals surface area contributed by atoms with Crippen LogP contribution in [0.3, 0.4) is 0 Å². The van der Waals surface area contributed by atoms with E-state index in [1.807, 2.05) is 34.2 Å². The van der Waals surface area contributed by atoms with E-state index in [4.69, 9.17) is 0 Å². The largest absolute Gasteiger partial charge is 0.346 e. The number of carbonyl (C=O) groups is 1. The normalized spacial score (nSPS) is 13.8. The summed E-state index contributed by atoms with van der Waals surface area (Å²) in [7, 11) is 0. The zero-order valence-corrected chi connectivity index (χ0v) is 17.7. The molecule has 6 rings (SSSR count). The van der Waals surface area contributed by atoms with E-state index in [9.17, 15) is 4.79 Å². The van der Waals surface area contributed by atoms with Gasteiger partial charge >= 0.3 is 0 Å². The van der Waals surface area contributed by atoms with Gasteiger partial charge in [0.15, 0.2) is 0 Å². The molecule has 0 saturated heterocycles. The molecule has 6 nitrogen and oxygen atoms in total. The van der Waals surface area contributed by atoms with Gasteiger partial charge in [-0.05, 0) is 48.4 Å². The average Bonchev–Trinajstić information content (AvgIpc) is 3.22. The SMILES string of the molecule is O=C(NCc1cccs1)c1cc2c(c3ccccc3n2CC2CC2)n1-c1ncccn1. The number of fused-ring (bicyclic) bond motifs is 3. The minimum Gasteiger partial charge on any atom is -0.346 e. The highest BCUT2D eigenvalue weighted by Gasteiger charge is 2.27. The topological polar surface area (TPSA) is 64.7 Å². The number of hydrogen-bond donors (Lipinski definition) is 1. The third-order valence-electron chi connectivity index (χ3n) is 5.85. The van der Waals surface area contributed by atoms with E-state index in [1.165, 1.54) is 18.4 Å². The van der Waals surface area contributed by atoms with Crippen LogP contribution in [0.25, 0.3) is 27.9 Å². The van der Waals surface area contributed by atoms with Crippen LogP contribution in [0.2, 0.25) is 0 Å². The summed E-state index contributed by atoms with van der Waals surface area (Å²) in [4.78, 5) is 23.4. The smallest absolute Gasteiger partial charge is 0.268 e. The molecule has 154 valence electrons. The number of rotatable bonds is 6. The predicted octanol–water partition coefficient (Wildman–Crippen LogP) is 4.78. The van der Waals surface area contributed by atoms with Gasteiger partial charge in [0.05, 0.1) is 23.1 Å². The van der Waals surface area contributed by atoms with Gasteiger partial charge in [-0.3, -0.25) is 9.36 Å². The fourth-order valence-corrected chi connectivity index (χ4v) is 4.85. The second kappa shape index (κ2) is 7.35. The molecule has 0 atom stereocenters. The van der Waals surface area contributed by atoms with Crippen molar-refractivity contribution in [1.82, 2.24) is 24.4 Å². The first-order valence-electron chi connectivity index (χ1n) is 10.5. The molecule has 31 heavy (non-hydrogen) atoms. The summed E-state index contributed by atoms with van der Waals surface area (Å²) in [6, 6.07) is 16.2. The van der Waals surface area contributed by atoms with E-state index in [-0.39, 0.29) is 5.91 Å². The van der Waals surface area contributed by atoms with Crippen LogP contribution < -0.4 is 5.32 Å². The lowest BCUT2D eigenvalue weighted by atomic mass is 10.2. The number of nitrogens with one attached hydrogen (secondary N) is 1. The second-order valence-corrected chi connectivity index (χ2v) is 9.01. The molecule has 1 saturated carbocycles. The second-order valence-electron chi connectivity index (χ2n) is 7.98. The minimum atomic E-state index is -0.126. The van der Waals surface area contributed by atoms with E-state index < -0.39 is 0 Å². The molecule has 0 bridgehead atoms. The Bertz CT molecular complexity index is 1380. The number of nitrogens with zero attached hydrogens (tertiary/aromatic N) is 4. The van der Waals surface area contributed by atoms with Gasteiger partial charge in [-0.25, -0.2) is 9.97 Å². The summed E-state index contributed by atoms with van der Waals surface area (Å²) < 4.78 is 4.27. The van der Waals surface area contributed by atoms with Crippen molar-refractivity contribution in [2.45, 2.75) is 25.9 Å². The molecule has 1 aromatic carbocycles. The van der Waals surface area contributed by atoms with E-state index in [0.29, 0.717) is 24.1 Å². The number of hydrogen-bond acceptors (Lipinski definition) is 4. The van der Waals surface area contributed by atoms with E-state index >= 15 is 0 Å². The van der Waals surface area contributed by atoms with Crippen LogP contribution in [0.4, 0.5) is 0 Å². The highest BCUT2D eigenvalue weighted by molar-refractivity contribution is 7.09. The van der Waals surface area contributed by atoms with Gasteiger partial charge in [0, 0.05) is 29.2 Å². The first-order valence-corrected chi connectivity index (χ1v) is 11.4. The number of amides is 1. The van der Waals surface area contributed by atoms with Crippen molar-refractivity contribution in [3.63, 3.8) is 0 Å². The van der Waals surface area contributed by atoms with Crippen LogP contribution in [0.15, 0.2) is 66.3 Å². The first kappa shape index (κ1) is 18.3. The number of para-hydroxylation sites is 1. The molecule has 1 N–H and O–H groups in total. The van der Waals surface area contributed by atoms with Crippen LogP contribution in [0.5, 0.6) is 0 Å². The number of thiophene rings is 1. The quantitative estimate of drug-likeness (QED) is 0.424. The summed E-state index contributed by atoms with van der Waals surface area (Å²) in [5, 5.41) is 6.20. The zero-order valence-electron chi connectivity index (χ0n) is 16.9. The molecule has 7 heteroatoms. The standard InChI is InChI=1S/C24H21N5OS/c30-23(27-14-17-5-3-12-31-17)21-13-20-22(29(21)24-25-10-4-11-26-24)18-6-1-2-7-19(18)28(20)15-16-8-9-16/h1-7,10-13,16H,8-9,14-15H2,(H,27,30). The Morgan fingerprint density at radius 3 is 2.68 bits per heavy atom. The summed E-state index contributed by atoms with van der Waals surface area (Å²) in [5.41, 5.74) is 3.79. The van der Waals surface area contributed by atoms with Crippen LogP contribution in [-0.4, -0.2) is 25.0 Å². The van der Waals surface area contributed by atoms with E-state index in [2.05, 4.69) is 38.1 Å². The maximum atomic E-state index is 13.3. The summed E-state index contributed by atoms with van der Waals surface area (Å²) in [5.74, 6) is 1.10. The number of benzene rings is 1. The molecular weight excluding hydrogens is 406 g/mol. The maximum absolute atomic E-state index is 13.3. The fraction of sp³-hybridized carbons (Fsp3) is 0.208. The molecule has 4 aromatic heterocycles. The molecule has 0 radical (unpaired) electrons. The minimum absolute atomic E-state index is 0.126. The Morgan fingerprint density at radius 1 is 1.06 bits per heavy atom. The first-order chi connectivity index (χ1) is 15.3. The molecule has 0 unspecified atom stereocenters. The molecule has 5 aromatic rings. The van der Waals surface area contributed by atoms with Gasteiger partial charge in [0.1, 0.15) is 5.69 Å². The highest BCUT2D eigenvalue weighted by atomic mass is 32.1. The Morgan fingerprint density at radius 2 is 1.90 bits per heavy atom. The average molecular weight is 428 g/mol. The van der Waals surface area contributed by atoms with Crippen LogP contribution in [0.1, 0.15) is 28.2 Å². The molecule has 0 aliphatic heterocycles. The maximum Gasteiger partial charge on any atom is 0.268 e. The lowest BCUT2D eigenvalue weighted by molar-refractivity contribution is 0.0944. The summed E-state index contributed by atoms with van der Waals surface area (Å²) >= 11 is 1.64. The molecule has 1 aliphatic carbocycles. The van der Waals surface area contributed by atoms with E-state index in [0.717, 1.165) is 27.8 Å². The Kier molecular flexibility index (Phi) is 4.35. The Balaban J connectivity index is 1.55. The van der Waals surface area contributed by atoms with Crippen molar-refractivity contribution < 1.29 is 4.79 Å². The van der Waals surface area contributed by atoms with Gasteiger partial charge in [0.2, 0.25) is 5.95 Å². The monoisotopic (exact) mass is 427 g/mol. The lowest BCUT2D eigenvalue weighted by Crippen LogP contribution is -2.25. The molecule has 0 spiro atoms. The van der Waals surface area contributed by atoms with Crippen molar-refractivity contribution in [3.05, 3.63) is 76.9 Å². The highest BCUT2D eigenvalue weighted by Crippen LogP contribution is 2.37. The predicted molar refractivity (Wildman–Crippen MR) is 123 cm³/mol. The van der Waals surface area contributed by atoms with Gasteiger partial charge in [-0.15, -0.1) is 11.3 Å². The van der Waals surface area contributed by atoms with Crippen LogP contribution in [-0.2, 0) is 13.1 Å². The fourth-order valence-electron chi connectivity index (χ4n) is 4.21. The van der Waals surface area contributed by atoms with Gasteiger partial charge in [-0.2, -0.15) is 0 Å². The third kappa shape index (κ3) is 3.21.